The Morgan fingerprint density at radius 3 is 2.53 bits per heavy atom. The Labute approximate surface area is 114 Å². The number of carboxylic acid groups (broad SMARTS) is 1. The van der Waals surface area contributed by atoms with E-state index >= 15 is 0 Å². The molecule has 1 rings (SSSR count). The van der Waals surface area contributed by atoms with Gasteiger partial charge in [-0.1, -0.05) is 26.8 Å². The fraction of sp³-hybridized carbons (Fsp3) is 0.533. The zero-order chi connectivity index (χ0) is 14.5. The molecule has 4 heteroatoms. The van der Waals surface area contributed by atoms with Gasteiger partial charge in [0, 0.05) is 6.61 Å². The van der Waals surface area contributed by atoms with Crippen molar-refractivity contribution in [3.05, 3.63) is 29.3 Å². The summed E-state index contributed by atoms with van der Waals surface area (Å²) < 4.78 is 10.6. The highest BCUT2D eigenvalue weighted by molar-refractivity contribution is 5.91. The Hall–Kier alpha value is -1.55. The van der Waals surface area contributed by atoms with Gasteiger partial charge in [-0.15, -0.1) is 0 Å². The lowest BCUT2D eigenvalue weighted by Crippen LogP contribution is -2.09. The van der Waals surface area contributed by atoms with E-state index in [1.165, 1.54) is 7.11 Å². The lowest BCUT2D eigenvalue weighted by atomic mass is 9.93. The minimum atomic E-state index is -0.992. The van der Waals surface area contributed by atoms with Crippen molar-refractivity contribution < 1.29 is 19.4 Å². The van der Waals surface area contributed by atoms with Crippen LogP contribution in [0.2, 0.25) is 0 Å². The normalized spacial score (nSPS) is 11.4. The maximum atomic E-state index is 11.1. The van der Waals surface area contributed by atoms with Crippen LogP contribution in [-0.2, 0) is 11.3 Å². The molecule has 106 valence electrons. The quantitative estimate of drug-likeness (QED) is 0.802. The van der Waals surface area contributed by atoms with Crippen molar-refractivity contribution in [1.29, 1.82) is 0 Å². The average Bonchev–Trinajstić information content (AvgIpc) is 2.33. The van der Waals surface area contributed by atoms with E-state index in [0.29, 0.717) is 19.0 Å². The first kappa shape index (κ1) is 15.5. The average molecular weight is 266 g/mol. The van der Waals surface area contributed by atoms with E-state index in [0.717, 1.165) is 12.0 Å². The van der Waals surface area contributed by atoms with Crippen molar-refractivity contribution in [1.82, 2.24) is 0 Å². The zero-order valence-corrected chi connectivity index (χ0v) is 12.0. The molecule has 0 aliphatic rings. The fourth-order valence-electron chi connectivity index (χ4n) is 1.58. The number of hydrogen-bond donors (Lipinski definition) is 1. The van der Waals surface area contributed by atoms with Gasteiger partial charge in [-0.2, -0.15) is 0 Å². The minimum absolute atomic E-state index is 0.166. The van der Waals surface area contributed by atoms with Gasteiger partial charge in [0.05, 0.1) is 13.7 Å². The first-order chi connectivity index (χ1) is 8.83. The van der Waals surface area contributed by atoms with E-state index in [4.69, 9.17) is 14.6 Å². The van der Waals surface area contributed by atoms with Crippen LogP contribution in [0.3, 0.4) is 0 Å². The molecule has 0 aliphatic heterocycles. The summed E-state index contributed by atoms with van der Waals surface area (Å²) in [6.07, 6.45) is 0.967. The van der Waals surface area contributed by atoms with Gasteiger partial charge in [-0.25, -0.2) is 4.79 Å². The summed E-state index contributed by atoms with van der Waals surface area (Å²) in [5.41, 5.74) is 1.25. The lowest BCUT2D eigenvalue weighted by molar-refractivity contribution is 0.0692. The minimum Gasteiger partial charge on any atom is -0.496 e. The summed E-state index contributed by atoms with van der Waals surface area (Å²) in [5.74, 6) is -0.626. The molecule has 0 amide bonds. The molecule has 19 heavy (non-hydrogen) atoms. The molecule has 0 aliphatic carbocycles. The highest BCUT2D eigenvalue weighted by Gasteiger charge is 2.12. The third-order valence-corrected chi connectivity index (χ3v) is 2.76. The maximum Gasteiger partial charge on any atom is 0.339 e. The van der Waals surface area contributed by atoms with Crippen molar-refractivity contribution in [2.45, 2.75) is 33.8 Å². The molecule has 0 heterocycles. The molecule has 0 spiro atoms. The van der Waals surface area contributed by atoms with Gasteiger partial charge >= 0.3 is 5.97 Å². The van der Waals surface area contributed by atoms with Crippen molar-refractivity contribution in [3.63, 3.8) is 0 Å². The second-order valence-electron chi connectivity index (χ2n) is 5.70. The van der Waals surface area contributed by atoms with Gasteiger partial charge in [0.1, 0.15) is 11.3 Å². The molecule has 1 aromatic carbocycles. The van der Waals surface area contributed by atoms with Gasteiger partial charge in [0.15, 0.2) is 0 Å². The number of hydrogen-bond acceptors (Lipinski definition) is 3. The number of carboxylic acids is 1. The highest BCUT2D eigenvalue weighted by Crippen LogP contribution is 2.21. The van der Waals surface area contributed by atoms with Crippen LogP contribution in [-0.4, -0.2) is 24.8 Å². The van der Waals surface area contributed by atoms with Crippen LogP contribution in [0.15, 0.2) is 18.2 Å². The number of methoxy groups -OCH3 is 1. The second-order valence-corrected chi connectivity index (χ2v) is 5.70. The molecule has 1 N–H and O–H groups in total. The maximum absolute atomic E-state index is 11.1. The molecule has 0 fully saturated rings. The molecular formula is C15H22O4. The summed E-state index contributed by atoms with van der Waals surface area (Å²) in [5, 5.41) is 9.08. The predicted octanol–water partition coefficient (Wildman–Crippen LogP) is 3.35. The molecule has 4 nitrogen and oxygen atoms in total. The summed E-state index contributed by atoms with van der Waals surface area (Å²) in [4.78, 5) is 11.1. The molecule has 0 unspecified atom stereocenters. The van der Waals surface area contributed by atoms with Crippen LogP contribution in [0, 0.1) is 5.41 Å². The molecule has 1 aromatic rings. The summed E-state index contributed by atoms with van der Waals surface area (Å²) >= 11 is 0. The summed E-state index contributed by atoms with van der Waals surface area (Å²) in [7, 11) is 1.46. The molecule has 0 bridgehead atoms. The molecule has 0 saturated carbocycles. The van der Waals surface area contributed by atoms with Crippen molar-refractivity contribution in [3.8, 4) is 5.75 Å². The van der Waals surface area contributed by atoms with Gasteiger partial charge in [0.2, 0.25) is 0 Å². The van der Waals surface area contributed by atoms with Crippen molar-refractivity contribution >= 4 is 5.97 Å². The molecule has 0 saturated heterocycles. The Balaban J connectivity index is 2.60. The first-order valence-electron chi connectivity index (χ1n) is 6.31. The van der Waals surface area contributed by atoms with Crippen LogP contribution in [0.5, 0.6) is 5.75 Å². The number of ether oxygens (including phenoxy) is 2. The van der Waals surface area contributed by atoms with E-state index in [2.05, 4.69) is 20.8 Å². The van der Waals surface area contributed by atoms with E-state index in [1.54, 1.807) is 12.1 Å². The number of aromatic carboxylic acids is 1. The molecule has 0 radical (unpaired) electrons. The number of benzene rings is 1. The Kier molecular flexibility index (Phi) is 5.36. The van der Waals surface area contributed by atoms with E-state index < -0.39 is 5.97 Å². The topological polar surface area (TPSA) is 55.8 Å². The molecule has 0 aromatic heterocycles. The smallest absolute Gasteiger partial charge is 0.339 e. The second kappa shape index (κ2) is 6.57. The van der Waals surface area contributed by atoms with Crippen LogP contribution >= 0.6 is 0 Å². The molecule has 0 atom stereocenters. The summed E-state index contributed by atoms with van der Waals surface area (Å²) in [6, 6.07) is 5.08. The van der Waals surface area contributed by atoms with Gasteiger partial charge in [-0.3, -0.25) is 0 Å². The van der Waals surface area contributed by atoms with Crippen LogP contribution < -0.4 is 4.74 Å². The van der Waals surface area contributed by atoms with E-state index in [1.807, 2.05) is 6.07 Å². The van der Waals surface area contributed by atoms with Gasteiger partial charge in [-0.05, 0) is 29.5 Å². The molecular weight excluding hydrogens is 244 g/mol. The van der Waals surface area contributed by atoms with Crippen LogP contribution in [0.25, 0.3) is 0 Å². The standard InChI is InChI=1S/C15H22O4/c1-15(2,3)7-8-19-10-11-5-6-13(18-4)12(9-11)14(16)17/h5-6,9H,7-8,10H2,1-4H3,(H,16,17). The number of carbonyl (C=O) groups is 1. The predicted molar refractivity (Wildman–Crippen MR) is 73.7 cm³/mol. The lowest BCUT2D eigenvalue weighted by Gasteiger charge is -2.17. The third kappa shape index (κ3) is 5.30. The van der Waals surface area contributed by atoms with Crippen molar-refractivity contribution in [2.75, 3.05) is 13.7 Å². The van der Waals surface area contributed by atoms with E-state index in [9.17, 15) is 4.79 Å². The monoisotopic (exact) mass is 266 g/mol. The van der Waals surface area contributed by atoms with E-state index in [-0.39, 0.29) is 11.0 Å². The van der Waals surface area contributed by atoms with Crippen molar-refractivity contribution in [2.24, 2.45) is 5.41 Å². The third-order valence-electron chi connectivity index (χ3n) is 2.76. The zero-order valence-electron chi connectivity index (χ0n) is 12.0. The highest BCUT2D eigenvalue weighted by atomic mass is 16.5. The van der Waals surface area contributed by atoms with Crippen LogP contribution in [0.4, 0.5) is 0 Å². The van der Waals surface area contributed by atoms with Crippen LogP contribution in [0.1, 0.15) is 43.1 Å². The van der Waals surface area contributed by atoms with Gasteiger partial charge < -0.3 is 14.6 Å². The fourth-order valence-corrected chi connectivity index (χ4v) is 1.58. The largest absolute Gasteiger partial charge is 0.496 e. The SMILES string of the molecule is COc1ccc(COCCC(C)(C)C)cc1C(=O)O. The Morgan fingerprint density at radius 1 is 1.32 bits per heavy atom. The summed E-state index contributed by atoms with van der Waals surface area (Å²) in [6.45, 7) is 7.56. The van der Waals surface area contributed by atoms with Gasteiger partial charge in [0.25, 0.3) is 0 Å². The Bertz CT molecular complexity index is 432. The Morgan fingerprint density at radius 2 is 2.00 bits per heavy atom. The number of rotatable bonds is 6. The first-order valence-corrected chi connectivity index (χ1v) is 6.31.